The number of nitrogens with zero attached hydrogens (tertiary/aromatic N) is 1. The zero-order chi connectivity index (χ0) is 10.0. The van der Waals surface area contributed by atoms with Crippen molar-refractivity contribution in [1.82, 2.24) is 0 Å². The van der Waals surface area contributed by atoms with E-state index in [0.717, 1.165) is 11.1 Å². The van der Waals surface area contributed by atoms with E-state index in [1.54, 1.807) is 19.1 Å². The fourth-order valence-electron chi connectivity index (χ4n) is 1.18. The van der Waals surface area contributed by atoms with Crippen LogP contribution in [0.1, 0.15) is 30.9 Å². The van der Waals surface area contributed by atoms with Crippen LogP contribution in [-0.2, 0) is 0 Å². The Kier molecular flexibility index (Phi) is 4.34. The van der Waals surface area contributed by atoms with Gasteiger partial charge in [0.2, 0.25) is 0 Å². The van der Waals surface area contributed by atoms with Gasteiger partial charge in [0.05, 0.1) is 4.92 Å². The highest BCUT2D eigenvalue weighted by atomic mass is 16.6. The Balaban J connectivity index is 0.00000169. The first-order valence-electron chi connectivity index (χ1n) is 4.27. The van der Waals surface area contributed by atoms with Crippen molar-refractivity contribution in [2.75, 3.05) is 0 Å². The van der Waals surface area contributed by atoms with Crippen molar-refractivity contribution in [1.29, 1.82) is 0 Å². The molecular weight excluding hydrogens is 177 g/mol. The first-order chi connectivity index (χ1) is 6.02. The molecule has 0 aliphatic heterocycles. The molecule has 1 aromatic carbocycles. The quantitative estimate of drug-likeness (QED) is 0.408. The smallest absolute Gasteiger partial charge is 0.258 e. The Morgan fingerprint density at radius 3 is 2.36 bits per heavy atom. The Morgan fingerprint density at radius 2 is 1.93 bits per heavy atom. The van der Waals surface area contributed by atoms with Gasteiger partial charge in [-0.15, -0.1) is 0 Å². The maximum atomic E-state index is 10.6. The fourth-order valence-corrected chi connectivity index (χ4v) is 1.18. The maximum Gasteiger partial charge on any atom is 0.272 e. The van der Waals surface area contributed by atoms with Gasteiger partial charge in [-0.05, 0) is 18.4 Å². The highest BCUT2D eigenvalue weighted by Crippen LogP contribution is 2.23. The van der Waals surface area contributed by atoms with Crippen LogP contribution in [0.2, 0.25) is 0 Å². The topological polar surface area (TPSA) is 43.1 Å². The Hall–Kier alpha value is -1.32. The normalized spacial score (nSPS) is 9.71. The third kappa shape index (κ3) is 2.59. The minimum Gasteiger partial charge on any atom is -0.258 e. The van der Waals surface area contributed by atoms with Gasteiger partial charge in [-0.1, -0.05) is 26.0 Å². The molecule has 0 saturated carbocycles. The zero-order valence-corrected chi connectivity index (χ0v) is 8.65. The molecular formula is C10H13BNO2. The first-order valence-corrected chi connectivity index (χ1v) is 4.27. The van der Waals surface area contributed by atoms with Gasteiger partial charge in [-0.3, -0.25) is 10.1 Å². The SMILES string of the molecule is Cc1ccc(C(C)C)cc1[N+](=O)[O-].[B]. The van der Waals surface area contributed by atoms with Gasteiger partial charge in [-0.25, -0.2) is 0 Å². The third-order valence-corrected chi connectivity index (χ3v) is 2.10. The van der Waals surface area contributed by atoms with E-state index in [4.69, 9.17) is 0 Å². The molecule has 0 fully saturated rings. The summed E-state index contributed by atoms with van der Waals surface area (Å²) in [5.74, 6) is 0.333. The van der Waals surface area contributed by atoms with Crippen LogP contribution in [0.15, 0.2) is 18.2 Å². The van der Waals surface area contributed by atoms with E-state index in [2.05, 4.69) is 0 Å². The standard InChI is InChI=1S/C10H13NO2.B/c1-7(2)9-5-4-8(3)10(6-9)11(12)13;/h4-7H,1-3H3;. The summed E-state index contributed by atoms with van der Waals surface area (Å²) in [4.78, 5) is 10.3. The summed E-state index contributed by atoms with van der Waals surface area (Å²) in [5, 5.41) is 10.6. The van der Waals surface area contributed by atoms with Crippen molar-refractivity contribution < 1.29 is 4.92 Å². The summed E-state index contributed by atoms with van der Waals surface area (Å²) in [5.41, 5.74) is 1.94. The highest BCUT2D eigenvalue weighted by molar-refractivity contribution is 5.75. The summed E-state index contributed by atoms with van der Waals surface area (Å²) >= 11 is 0. The van der Waals surface area contributed by atoms with Gasteiger partial charge in [0.1, 0.15) is 0 Å². The molecule has 0 aromatic heterocycles. The number of hydrogen-bond donors (Lipinski definition) is 0. The molecule has 1 rings (SSSR count). The molecule has 0 atom stereocenters. The third-order valence-electron chi connectivity index (χ3n) is 2.10. The predicted molar refractivity (Wildman–Crippen MR) is 57.7 cm³/mol. The van der Waals surface area contributed by atoms with Gasteiger partial charge in [0, 0.05) is 20.0 Å². The van der Waals surface area contributed by atoms with Crippen LogP contribution < -0.4 is 0 Å². The van der Waals surface area contributed by atoms with Gasteiger partial charge < -0.3 is 0 Å². The van der Waals surface area contributed by atoms with Crippen molar-refractivity contribution in [3.8, 4) is 0 Å². The van der Waals surface area contributed by atoms with Crippen LogP contribution in [0, 0.1) is 17.0 Å². The molecule has 0 unspecified atom stereocenters. The largest absolute Gasteiger partial charge is 0.272 e. The highest BCUT2D eigenvalue weighted by Gasteiger charge is 2.11. The fraction of sp³-hybridized carbons (Fsp3) is 0.400. The van der Waals surface area contributed by atoms with E-state index in [1.807, 2.05) is 19.9 Å². The minimum atomic E-state index is -0.332. The second-order valence-electron chi connectivity index (χ2n) is 3.46. The van der Waals surface area contributed by atoms with Crippen LogP contribution in [0.3, 0.4) is 0 Å². The maximum absolute atomic E-state index is 10.6. The van der Waals surface area contributed by atoms with E-state index in [0.29, 0.717) is 5.92 Å². The van der Waals surface area contributed by atoms with Crippen LogP contribution in [0.4, 0.5) is 5.69 Å². The van der Waals surface area contributed by atoms with Gasteiger partial charge in [-0.2, -0.15) is 0 Å². The monoisotopic (exact) mass is 190 g/mol. The molecule has 3 radical (unpaired) electrons. The molecule has 0 N–H and O–H groups in total. The van der Waals surface area contributed by atoms with Gasteiger partial charge in [0.15, 0.2) is 0 Å². The lowest BCUT2D eigenvalue weighted by atomic mass is 10.0. The molecule has 14 heavy (non-hydrogen) atoms. The second-order valence-corrected chi connectivity index (χ2v) is 3.46. The molecule has 0 heterocycles. The van der Waals surface area contributed by atoms with Crippen molar-refractivity contribution in [2.45, 2.75) is 26.7 Å². The predicted octanol–water partition coefficient (Wildman–Crippen LogP) is 2.65. The second kappa shape index (κ2) is 4.79. The number of hydrogen-bond acceptors (Lipinski definition) is 2. The Morgan fingerprint density at radius 1 is 1.36 bits per heavy atom. The number of aryl methyl sites for hydroxylation is 1. The molecule has 1 aromatic rings. The van der Waals surface area contributed by atoms with Crippen molar-refractivity contribution >= 4 is 14.1 Å². The summed E-state index contributed by atoms with van der Waals surface area (Å²) in [6.07, 6.45) is 0. The minimum absolute atomic E-state index is 0. The summed E-state index contributed by atoms with van der Waals surface area (Å²) in [6, 6.07) is 5.39. The van der Waals surface area contributed by atoms with Crippen molar-refractivity contribution in [2.24, 2.45) is 0 Å². The van der Waals surface area contributed by atoms with E-state index >= 15 is 0 Å². The first kappa shape index (κ1) is 12.7. The van der Waals surface area contributed by atoms with Crippen LogP contribution in [0.5, 0.6) is 0 Å². The summed E-state index contributed by atoms with van der Waals surface area (Å²) in [6.45, 7) is 5.80. The molecule has 0 bridgehead atoms. The average Bonchev–Trinajstić information content (AvgIpc) is 2.04. The molecule has 73 valence electrons. The molecule has 0 spiro atoms. The van der Waals surface area contributed by atoms with E-state index < -0.39 is 0 Å². The van der Waals surface area contributed by atoms with Crippen LogP contribution in [-0.4, -0.2) is 13.3 Å². The average molecular weight is 190 g/mol. The number of nitro groups is 1. The van der Waals surface area contributed by atoms with Crippen molar-refractivity contribution in [3.63, 3.8) is 0 Å². The van der Waals surface area contributed by atoms with E-state index in [-0.39, 0.29) is 19.0 Å². The van der Waals surface area contributed by atoms with Crippen LogP contribution >= 0.6 is 0 Å². The van der Waals surface area contributed by atoms with Gasteiger partial charge >= 0.3 is 0 Å². The molecule has 0 amide bonds. The summed E-state index contributed by atoms with van der Waals surface area (Å²) < 4.78 is 0. The Labute approximate surface area is 85.9 Å². The number of nitro benzene ring substituents is 1. The molecule has 0 saturated heterocycles. The summed E-state index contributed by atoms with van der Waals surface area (Å²) in [7, 11) is 0. The van der Waals surface area contributed by atoms with E-state index in [1.165, 1.54) is 0 Å². The molecule has 0 aliphatic carbocycles. The molecule has 4 heteroatoms. The lowest BCUT2D eigenvalue weighted by molar-refractivity contribution is -0.385. The lowest BCUT2D eigenvalue weighted by Crippen LogP contribution is -1.94. The molecule has 3 nitrogen and oxygen atoms in total. The molecule has 0 aliphatic rings. The van der Waals surface area contributed by atoms with E-state index in [9.17, 15) is 10.1 Å². The van der Waals surface area contributed by atoms with Crippen LogP contribution in [0.25, 0.3) is 0 Å². The van der Waals surface area contributed by atoms with Crippen molar-refractivity contribution in [3.05, 3.63) is 39.4 Å². The van der Waals surface area contributed by atoms with Gasteiger partial charge in [0.25, 0.3) is 5.69 Å². The number of rotatable bonds is 2. The lowest BCUT2D eigenvalue weighted by Gasteiger charge is -2.05. The zero-order valence-electron chi connectivity index (χ0n) is 8.65. The number of benzene rings is 1. The Bertz CT molecular complexity index is 337.